The number of carbonyl (C=O) groups is 1. The molecule has 0 fully saturated rings. The largest absolute Gasteiger partial charge is 0.451 e. The van der Waals surface area contributed by atoms with Crippen LogP contribution in [0.5, 0.6) is 0 Å². The molecule has 0 spiro atoms. The molecule has 1 aromatic heterocycles. The van der Waals surface area contributed by atoms with Crippen LogP contribution >= 0.6 is 15.9 Å². The van der Waals surface area contributed by atoms with Crippen molar-refractivity contribution in [2.45, 2.75) is 13.3 Å². The van der Waals surface area contributed by atoms with E-state index in [-0.39, 0.29) is 5.91 Å². The summed E-state index contributed by atoms with van der Waals surface area (Å²) in [6, 6.07) is 15.2. The second-order valence-electron chi connectivity index (χ2n) is 4.80. The van der Waals surface area contributed by atoms with E-state index >= 15 is 0 Å². The minimum Gasteiger partial charge on any atom is -0.451 e. The summed E-state index contributed by atoms with van der Waals surface area (Å²) in [6.45, 7) is 2.10. The minimum absolute atomic E-state index is 0.244. The van der Waals surface area contributed by atoms with Crippen molar-refractivity contribution in [3.8, 4) is 0 Å². The number of anilines is 1. The van der Waals surface area contributed by atoms with Gasteiger partial charge in [-0.3, -0.25) is 4.79 Å². The molecule has 0 aliphatic carbocycles. The Morgan fingerprint density at radius 2 is 1.90 bits per heavy atom. The van der Waals surface area contributed by atoms with Crippen molar-refractivity contribution in [2.24, 2.45) is 0 Å². The highest BCUT2D eigenvalue weighted by atomic mass is 79.9. The van der Waals surface area contributed by atoms with Gasteiger partial charge in [0.05, 0.1) is 0 Å². The molecule has 3 rings (SSSR count). The fraction of sp³-hybridized carbons (Fsp3) is 0.118. The van der Waals surface area contributed by atoms with Crippen molar-refractivity contribution in [2.75, 3.05) is 5.32 Å². The molecule has 106 valence electrons. The molecule has 1 amide bonds. The van der Waals surface area contributed by atoms with Crippen molar-refractivity contribution in [1.82, 2.24) is 0 Å². The molecule has 0 bridgehead atoms. The third-order valence-electron chi connectivity index (χ3n) is 3.33. The van der Waals surface area contributed by atoms with Crippen molar-refractivity contribution < 1.29 is 9.21 Å². The topological polar surface area (TPSA) is 42.2 Å². The van der Waals surface area contributed by atoms with E-state index in [1.54, 1.807) is 6.07 Å². The zero-order chi connectivity index (χ0) is 14.8. The van der Waals surface area contributed by atoms with Crippen LogP contribution in [0.25, 0.3) is 11.0 Å². The highest BCUT2D eigenvalue weighted by Gasteiger charge is 2.12. The standard InChI is InChI=1S/C17H14BrNO2/c1-2-11-3-7-14(8-4-11)19-17(20)16-9-12-5-6-13(18)10-15(12)21-16/h3-10H,2H2,1H3,(H,19,20). The van der Waals surface area contributed by atoms with Crippen molar-refractivity contribution in [3.63, 3.8) is 0 Å². The van der Waals surface area contributed by atoms with Gasteiger partial charge in [0, 0.05) is 15.5 Å². The van der Waals surface area contributed by atoms with Gasteiger partial charge in [0.1, 0.15) is 5.58 Å². The number of carbonyl (C=O) groups excluding carboxylic acids is 1. The number of furan rings is 1. The van der Waals surface area contributed by atoms with Crippen LogP contribution in [0.2, 0.25) is 0 Å². The van der Waals surface area contributed by atoms with Crippen LogP contribution in [0.1, 0.15) is 23.0 Å². The summed E-state index contributed by atoms with van der Waals surface area (Å²) in [7, 11) is 0. The summed E-state index contributed by atoms with van der Waals surface area (Å²) in [5.41, 5.74) is 2.69. The highest BCUT2D eigenvalue weighted by Crippen LogP contribution is 2.24. The Kier molecular flexibility index (Phi) is 3.80. The van der Waals surface area contributed by atoms with Gasteiger partial charge in [0.15, 0.2) is 5.76 Å². The zero-order valence-electron chi connectivity index (χ0n) is 11.5. The fourth-order valence-corrected chi connectivity index (χ4v) is 2.47. The van der Waals surface area contributed by atoms with Crippen LogP contribution in [0.15, 0.2) is 57.4 Å². The molecule has 1 N–H and O–H groups in total. The van der Waals surface area contributed by atoms with Gasteiger partial charge in [-0.25, -0.2) is 0 Å². The fourth-order valence-electron chi connectivity index (χ4n) is 2.13. The SMILES string of the molecule is CCc1ccc(NC(=O)c2cc3ccc(Br)cc3o2)cc1. The second kappa shape index (κ2) is 5.74. The maximum Gasteiger partial charge on any atom is 0.291 e. The van der Waals surface area contributed by atoms with Gasteiger partial charge in [-0.05, 0) is 48.4 Å². The lowest BCUT2D eigenvalue weighted by Crippen LogP contribution is -2.10. The smallest absolute Gasteiger partial charge is 0.291 e. The van der Waals surface area contributed by atoms with Crippen molar-refractivity contribution in [3.05, 3.63) is 64.3 Å². The predicted octanol–water partition coefficient (Wildman–Crippen LogP) is 5.01. The van der Waals surface area contributed by atoms with Gasteiger partial charge >= 0.3 is 0 Å². The van der Waals surface area contributed by atoms with Gasteiger partial charge in [0.2, 0.25) is 0 Å². The number of hydrogen-bond acceptors (Lipinski definition) is 2. The van der Waals surface area contributed by atoms with Crippen molar-refractivity contribution in [1.29, 1.82) is 0 Å². The van der Waals surface area contributed by atoms with Gasteiger partial charge < -0.3 is 9.73 Å². The first kappa shape index (κ1) is 13.9. The molecule has 4 heteroatoms. The maximum atomic E-state index is 12.2. The Bertz CT molecular complexity index is 790. The quantitative estimate of drug-likeness (QED) is 0.726. The highest BCUT2D eigenvalue weighted by molar-refractivity contribution is 9.10. The third kappa shape index (κ3) is 3.00. The minimum atomic E-state index is -0.244. The van der Waals surface area contributed by atoms with E-state index in [4.69, 9.17) is 4.42 Å². The van der Waals surface area contributed by atoms with E-state index in [1.165, 1.54) is 5.56 Å². The van der Waals surface area contributed by atoms with Crippen LogP contribution in [0, 0.1) is 0 Å². The molecule has 0 aliphatic heterocycles. The molecular formula is C17H14BrNO2. The molecule has 3 nitrogen and oxygen atoms in total. The number of nitrogens with one attached hydrogen (secondary N) is 1. The van der Waals surface area contributed by atoms with Gasteiger partial charge in [-0.1, -0.05) is 35.0 Å². The molecule has 0 unspecified atom stereocenters. The summed E-state index contributed by atoms with van der Waals surface area (Å²) in [4.78, 5) is 12.2. The van der Waals surface area contributed by atoms with Crippen LogP contribution in [-0.2, 0) is 6.42 Å². The normalized spacial score (nSPS) is 10.8. The average Bonchev–Trinajstić information content (AvgIpc) is 2.91. The summed E-state index contributed by atoms with van der Waals surface area (Å²) < 4.78 is 6.51. The first-order valence-electron chi connectivity index (χ1n) is 6.75. The van der Waals surface area contributed by atoms with Gasteiger partial charge in [-0.2, -0.15) is 0 Å². The molecular weight excluding hydrogens is 330 g/mol. The van der Waals surface area contributed by atoms with E-state index in [0.29, 0.717) is 11.3 Å². The van der Waals surface area contributed by atoms with Gasteiger partial charge in [0.25, 0.3) is 5.91 Å². The lowest BCUT2D eigenvalue weighted by atomic mass is 10.1. The molecule has 3 aromatic rings. The average molecular weight is 344 g/mol. The number of hydrogen-bond donors (Lipinski definition) is 1. The molecule has 2 aromatic carbocycles. The molecule has 0 saturated carbocycles. The lowest BCUT2D eigenvalue weighted by Gasteiger charge is -2.03. The molecule has 1 heterocycles. The summed E-state index contributed by atoms with van der Waals surface area (Å²) >= 11 is 3.39. The summed E-state index contributed by atoms with van der Waals surface area (Å²) in [5.74, 6) is 0.0641. The monoisotopic (exact) mass is 343 g/mol. The van der Waals surface area contributed by atoms with E-state index in [0.717, 1.165) is 22.0 Å². The molecule has 0 atom stereocenters. The number of benzene rings is 2. The van der Waals surface area contributed by atoms with E-state index in [9.17, 15) is 4.79 Å². The Morgan fingerprint density at radius 3 is 2.62 bits per heavy atom. The van der Waals surface area contributed by atoms with E-state index < -0.39 is 0 Å². The number of halogens is 1. The first-order chi connectivity index (χ1) is 10.2. The van der Waals surface area contributed by atoms with Crippen molar-refractivity contribution >= 4 is 38.5 Å². The molecule has 0 radical (unpaired) electrons. The third-order valence-corrected chi connectivity index (χ3v) is 3.82. The van der Waals surface area contributed by atoms with Gasteiger partial charge in [-0.15, -0.1) is 0 Å². The number of fused-ring (bicyclic) bond motifs is 1. The number of aryl methyl sites for hydroxylation is 1. The predicted molar refractivity (Wildman–Crippen MR) is 87.7 cm³/mol. The first-order valence-corrected chi connectivity index (χ1v) is 7.54. The lowest BCUT2D eigenvalue weighted by molar-refractivity contribution is 0.0998. The van der Waals surface area contributed by atoms with E-state index in [2.05, 4.69) is 28.2 Å². The number of amides is 1. The van der Waals surface area contributed by atoms with E-state index in [1.807, 2.05) is 42.5 Å². The van der Waals surface area contributed by atoms with Crippen LogP contribution < -0.4 is 5.32 Å². The molecule has 0 saturated heterocycles. The van der Waals surface area contributed by atoms with Crippen LogP contribution in [0.4, 0.5) is 5.69 Å². The molecule has 21 heavy (non-hydrogen) atoms. The summed E-state index contributed by atoms with van der Waals surface area (Å²) in [6.07, 6.45) is 0.979. The van der Waals surface area contributed by atoms with Crippen LogP contribution in [0.3, 0.4) is 0 Å². The number of rotatable bonds is 3. The Morgan fingerprint density at radius 1 is 1.14 bits per heavy atom. The second-order valence-corrected chi connectivity index (χ2v) is 5.71. The van der Waals surface area contributed by atoms with Crippen LogP contribution in [-0.4, -0.2) is 5.91 Å². The Balaban J connectivity index is 1.82. The summed E-state index contributed by atoms with van der Waals surface area (Å²) in [5, 5.41) is 3.75. The Hall–Kier alpha value is -2.07. The molecule has 0 aliphatic rings. The zero-order valence-corrected chi connectivity index (χ0v) is 13.1. The maximum absolute atomic E-state index is 12.2. The Labute approximate surface area is 131 Å².